The Balaban J connectivity index is 4.70. The third-order valence-electron chi connectivity index (χ3n) is 2.45. The lowest BCUT2D eigenvalue weighted by Gasteiger charge is -2.23. The van der Waals surface area contributed by atoms with Crippen molar-refractivity contribution in [1.82, 2.24) is 10.6 Å². The van der Waals surface area contributed by atoms with E-state index in [1.165, 1.54) is 0 Å². The molecule has 0 saturated heterocycles. The first kappa shape index (κ1) is 20.6. The van der Waals surface area contributed by atoms with Gasteiger partial charge in [0.15, 0.2) is 0 Å². The van der Waals surface area contributed by atoms with Gasteiger partial charge in [0, 0.05) is 6.42 Å². The van der Waals surface area contributed by atoms with Gasteiger partial charge in [-0.3, -0.25) is 9.59 Å². The van der Waals surface area contributed by atoms with Crippen LogP contribution in [0.3, 0.4) is 0 Å². The van der Waals surface area contributed by atoms with Gasteiger partial charge in [-0.05, 0) is 27.2 Å². The summed E-state index contributed by atoms with van der Waals surface area (Å²) in [5, 5.41) is 30.8. The minimum absolute atomic E-state index is 0.332. The third-order valence-corrected chi connectivity index (χ3v) is 2.45. The first-order chi connectivity index (χ1) is 10.5. The minimum Gasteiger partial charge on any atom is -0.481 e. The summed E-state index contributed by atoms with van der Waals surface area (Å²) in [6.07, 6.45) is -1.74. The highest BCUT2D eigenvalue weighted by Crippen LogP contribution is 2.07. The van der Waals surface area contributed by atoms with Crippen molar-refractivity contribution in [2.45, 2.75) is 51.3 Å². The molecule has 0 aliphatic heterocycles. The Bertz CT molecular complexity index is 457. The number of rotatable bonds is 8. The molecule has 0 unspecified atom stereocenters. The molecule has 0 radical (unpaired) electrons. The molecule has 5 N–H and O–H groups in total. The van der Waals surface area contributed by atoms with Crippen LogP contribution in [-0.4, -0.2) is 63.6 Å². The summed E-state index contributed by atoms with van der Waals surface area (Å²) in [4.78, 5) is 44.9. The highest BCUT2D eigenvalue weighted by molar-refractivity contribution is 5.89. The van der Waals surface area contributed by atoms with Gasteiger partial charge < -0.3 is 30.7 Å². The molecule has 0 aromatic carbocycles. The Hall–Kier alpha value is -2.36. The molecule has 0 fully saturated rings. The molecule has 0 aromatic rings. The monoisotopic (exact) mass is 334 g/mol. The molecule has 0 rings (SSSR count). The van der Waals surface area contributed by atoms with Crippen LogP contribution in [0.2, 0.25) is 0 Å². The molecule has 0 saturated carbocycles. The van der Waals surface area contributed by atoms with Crippen LogP contribution in [0.15, 0.2) is 0 Å². The van der Waals surface area contributed by atoms with Crippen LogP contribution >= 0.6 is 0 Å². The van der Waals surface area contributed by atoms with Crippen molar-refractivity contribution >= 4 is 23.9 Å². The van der Waals surface area contributed by atoms with Gasteiger partial charge >= 0.3 is 18.0 Å². The summed E-state index contributed by atoms with van der Waals surface area (Å²) >= 11 is 0. The molecule has 10 heteroatoms. The molecule has 0 aliphatic rings. The number of carbonyl (C=O) groups excluding carboxylic acids is 2. The van der Waals surface area contributed by atoms with Crippen LogP contribution < -0.4 is 10.6 Å². The third kappa shape index (κ3) is 9.30. The van der Waals surface area contributed by atoms with Gasteiger partial charge in [-0.15, -0.1) is 0 Å². The number of hydrogen-bond donors (Lipinski definition) is 5. The van der Waals surface area contributed by atoms with E-state index >= 15 is 0 Å². The highest BCUT2D eigenvalue weighted by atomic mass is 16.6. The van der Waals surface area contributed by atoms with Gasteiger partial charge in [-0.25, -0.2) is 9.59 Å². The number of aliphatic hydroxyl groups is 1. The Kier molecular flexibility index (Phi) is 8.02. The number of aliphatic carboxylic acids is 2. The van der Waals surface area contributed by atoms with Crippen molar-refractivity contribution in [3.63, 3.8) is 0 Å². The number of carbonyl (C=O) groups is 4. The first-order valence-electron chi connectivity index (χ1n) is 6.81. The molecule has 0 spiro atoms. The first-order valence-corrected chi connectivity index (χ1v) is 6.81. The van der Waals surface area contributed by atoms with E-state index in [9.17, 15) is 19.2 Å². The Labute approximate surface area is 132 Å². The standard InChI is InChI=1S/C13H22N2O8/c1-13(2,3)23-12(22)15-8(6-16)10(19)14-7(11(20)21)4-5-9(17)18/h7-8,16H,4-6H2,1-3H3,(H,14,19)(H,15,22)(H,17,18)(H,20,21)/t7-,8+/m1/s1. The quantitative estimate of drug-likeness (QED) is 0.389. The Morgan fingerprint density at radius 2 is 1.61 bits per heavy atom. The average molecular weight is 334 g/mol. The smallest absolute Gasteiger partial charge is 0.408 e. The molecular formula is C13H22N2O8. The fraction of sp³-hybridized carbons (Fsp3) is 0.692. The van der Waals surface area contributed by atoms with Crippen molar-refractivity contribution in [3.8, 4) is 0 Å². The fourth-order valence-corrected chi connectivity index (χ4v) is 1.44. The Morgan fingerprint density at radius 1 is 1.04 bits per heavy atom. The predicted molar refractivity (Wildman–Crippen MR) is 76.7 cm³/mol. The number of hydrogen-bond acceptors (Lipinski definition) is 6. The number of carboxylic acids is 2. The summed E-state index contributed by atoms with van der Waals surface area (Å²) in [7, 11) is 0. The van der Waals surface area contributed by atoms with Crippen molar-refractivity contribution in [1.29, 1.82) is 0 Å². The predicted octanol–water partition coefficient (Wildman–Crippen LogP) is -0.694. The molecule has 23 heavy (non-hydrogen) atoms. The second kappa shape index (κ2) is 8.93. The maximum absolute atomic E-state index is 11.9. The maximum atomic E-state index is 11.9. The van der Waals surface area contributed by atoms with Crippen molar-refractivity contribution < 1.29 is 39.2 Å². The van der Waals surface area contributed by atoms with Crippen molar-refractivity contribution in [2.75, 3.05) is 6.61 Å². The maximum Gasteiger partial charge on any atom is 0.408 e. The van der Waals surface area contributed by atoms with E-state index in [-0.39, 0.29) is 6.42 Å². The van der Waals surface area contributed by atoms with Gasteiger partial charge in [0.2, 0.25) is 5.91 Å². The van der Waals surface area contributed by atoms with E-state index in [2.05, 4.69) is 10.6 Å². The molecule has 0 aliphatic carbocycles. The molecule has 0 heterocycles. The lowest BCUT2D eigenvalue weighted by molar-refractivity contribution is -0.143. The second-order valence-corrected chi connectivity index (χ2v) is 5.71. The van der Waals surface area contributed by atoms with Gasteiger partial charge in [-0.1, -0.05) is 0 Å². The molecule has 10 nitrogen and oxygen atoms in total. The zero-order chi connectivity index (χ0) is 18.2. The van der Waals surface area contributed by atoms with Crippen LogP contribution in [0.5, 0.6) is 0 Å². The summed E-state index contributed by atoms with van der Waals surface area (Å²) in [5.41, 5.74) is -0.814. The summed E-state index contributed by atoms with van der Waals surface area (Å²) in [6, 6.07) is -2.87. The lowest BCUT2D eigenvalue weighted by Crippen LogP contribution is -2.53. The minimum atomic E-state index is -1.45. The topological polar surface area (TPSA) is 162 Å². The molecule has 2 amide bonds. The van der Waals surface area contributed by atoms with Crippen LogP contribution in [0.1, 0.15) is 33.6 Å². The van der Waals surface area contributed by atoms with Gasteiger partial charge in [-0.2, -0.15) is 0 Å². The van der Waals surface area contributed by atoms with E-state index in [4.69, 9.17) is 20.1 Å². The van der Waals surface area contributed by atoms with Gasteiger partial charge in [0.1, 0.15) is 17.7 Å². The number of ether oxygens (including phenoxy) is 1. The van der Waals surface area contributed by atoms with Crippen LogP contribution in [0.4, 0.5) is 4.79 Å². The molecular weight excluding hydrogens is 312 g/mol. The molecule has 0 aromatic heterocycles. The number of nitrogens with one attached hydrogen (secondary N) is 2. The lowest BCUT2D eigenvalue weighted by atomic mass is 10.1. The van der Waals surface area contributed by atoms with E-state index < -0.39 is 54.7 Å². The number of carboxylic acid groups (broad SMARTS) is 2. The number of aliphatic hydroxyl groups excluding tert-OH is 1. The molecule has 0 bridgehead atoms. The largest absolute Gasteiger partial charge is 0.481 e. The van der Waals surface area contributed by atoms with Crippen LogP contribution in [0.25, 0.3) is 0 Å². The molecule has 2 atom stereocenters. The van der Waals surface area contributed by atoms with Crippen molar-refractivity contribution in [3.05, 3.63) is 0 Å². The van der Waals surface area contributed by atoms with E-state index in [0.717, 1.165) is 0 Å². The highest BCUT2D eigenvalue weighted by Gasteiger charge is 2.28. The van der Waals surface area contributed by atoms with E-state index in [1.807, 2.05) is 0 Å². The van der Waals surface area contributed by atoms with E-state index in [0.29, 0.717) is 0 Å². The summed E-state index contributed by atoms with van der Waals surface area (Å²) < 4.78 is 4.92. The number of alkyl carbamates (subject to hydrolysis) is 1. The van der Waals surface area contributed by atoms with Crippen LogP contribution in [-0.2, 0) is 19.1 Å². The number of amides is 2. The summed E-state index contributed by atoms with van der Waals surface area (Å²) in [6.45, 7) is 4.03. The zero-order valence-electron chi connectivity index (χ0n) is 13.2. The van der Waals surface area contributed by atoms with Gasteiger partial charge in [0.05, 0.1) is 6.61 Å². The average Bonchev–Trinajstić information content (AvgIpc) is 2.37. The second-order valence-electron chi connectivity index (χ2n) is 5.71. The van der Waals surface area contributed by atoms with E-state index in [1.54, 1.807) is 20.8 Å². The van der Waals surface area contributed by atoms with Crippen LogP contribution in [0, 0.1) is 0 Å². The zero-order valence-corrected chi connectivity index (χ0v) is 13.2. The molecule has 132 valence electrons. The van der Waals surface area contributed by atoms with Crippen molar-refractivity contribution in [2.24, 2.45) is 0 Å². The SMILES string of the molecule is CC(C)(C)OC(=O)N[C@@H](CO)C(=O)N[C@H](CCC(=O)O)C(=O)O. The Morgan fingerprint density at radius 3 is 2.00 bits per heavy atom. The van der Waals surface area contributed by atoms with Gasteiger partial charge in [0.25, 0.3) is 0 Å². The normalized spacial score (nSPS) is 13.6. The fourth-order valence-electron chi connectivity index (χ4n) is 1.44. The summed E-state index contributed by atoms with van der Waals surface area (Å²) in [5.74, 6) is -3.60.